The number of nitrogens with zero attached hydrogens (tertiary/aromatic N) is 1. The fraction of sp³-hybridized carbons (Fsp3) is 0.633. The van der Waals surface area contributed by atoms with Gasteiger partial charge in [-0.15, -0.1) is 0 Å². The Morgan fingerprint density at radius 1 is 1.00 bits per heavy atom. The summed E-state index contributed by atoms with van der Waals surface area (Å²) in [4.78, 5) is 5.28. The van der Waals surface area contributed by atoms with E-state index in [1.807, 2.05) is 0 Å². The predicted molar refractivity (Wildman–Crippen MR) is 134 cm³/mol. The van der Waals surface area contributed by atoms with Crippen LogP contribution in [-0.2, 0) is 16.8 Å². The molecule has 2 fully saturated rings. The van der Waals surface area contributed by atoms with Crippen LogP contribution in [0.2, 0.25) is 0 Å². The topological polar surface area (TPSA) is 42.4 Å². The maximum absolute atomic E-state index is 11.4. The van der Waals surface area contributed by atoms with Crippen molar-refractivity contribution in [3.8, 4) is 0 Å². The van der Waals surface area contributed by atoms with Gasteiger partial charge in [0.1, 0.15) is 6.10 Å². The van der Waals surface area contributed by atoms with Crippen LogP contribution < -0.4 is 0 Å². The van der Waals surface area contributed by atoms with E-state index in [2.05, 4.69) is 52.0 Å². The van der Waals surface area contributed by atoms with E-state index in [1.54, 1.807) is 0 Å². The number of benzene rings is 1. The number of hydrogen-bond acceptors (Lipinski definition) is 3. The Labute approximate surface area is 200 Å². The van der Waals surface area contributed by atoms with Gasteiger partial charge in [-0.1, -0.05) is 72.2 Å². The molecule has 0 amide bonds. The standard InChI is InChI=1S/C29H37NO2.CH4/c1-17(2)26-24-25(23-21(30-26)15-28(3,4)16-22(23)31)29(13-5-6-14-29)32-27(24)20-11-9-19(10-12-20)18-7-8-18;/h9-12,17-18,22,27,31H,5-8,13-16H2,1-4H3;1H4/t22-,27+;/m0./s1. The van der Waals surface area contributed by atoms with Gasteiger partial charge in [0.2, 0.25) is 0 Å². The molecule has 3 nitrogen and oxygen atoms in total. The second kappa shape index (κ2) is 7.92. The van der Waals surface area contributed by atoms with Gasteiger partial charge in [-0.25, -0.2) is 0 Å². The highest BCUT2D eigenvalue weighted by molar-refractivity contribution is 5.54. The average molecular weight is 448 g/mol. The number of aliphatic hydroxyl groups excluding tert-OH is 1. The summed E-state index contributed by atoms with van der Waals surface area (Å²) in [5.41, 5.74) is 8.54. The van der Waals surface area contributed by atoms with Gasteiger partial charge in [-0.2, -0.15) is 0 Å². The lowest BCUT2D eigenvalue weighted by Gasteiger charge is -2.38. The van der Waals surface area contributed by atoms with E-state index in [4.69, 9.17) is 9.72 Å². The fourth-order valence-corrected chi connectivity index (χ4v) is 6.78. The molecule has 1 aliphatic heterocycles. The zero-order valence-electron chi connectivity index (χ0n) is 20.1. The van der Waals surface area contributed by atoms with E-state index in [0.717, 1.165) is 42.9 Å². The summed E-state index contributed by atoms with van der Waals surface area (Å²) in [5, 5.41) is 11.4. The third kappa shape index (κ3) is 3.67. The lowest BCUT2D eigenvalue weighted by molar-refractivity contribution is -0.0580. The van der Waals surface area contributed by atoms with Crippen molar-refractivity contribution in [3.63, 3.8) is 0 Å². The highest BCUT2D eigenvalue weighted by Gasteiger charge is 2.52. The molecule has 6 rings (SSSR count). The molecule has 1 spiro atoms. The lowest BCUT2D eigenvalue weighted by atomic mass is 9.70. The minimum atomic E-state index is -0.451. The van der Waals surface area contributed by atoms with Gasteiger partial charge in [-0.3, -0.25) is 4.98 Å². The van der Waals surface area contributed by atoms with Crippen molar-refractivity contribution in [2.24, 2.45) is 5.41 Å². The molecule has 0 radical (unpaired) electrons. The van der Waals surface area contributed by atoms with Crippen LogP contribution in [0, 0.1) is 5.41 Å². The van der Waals surface area contributed by atoms with Crippen LogP contribution >= 0.6 is 0 Å². The van der Waals surface area contributed by atoms with Crippen molar-refractivity contribution in [3.05, 3.63) is 63.5 Å². The van der Waals surface area contributed by atoms with Gasteiger partial charge in [0.15, 0.2) is 0 Å². The molecule has 33 heavy (non-hydrogen) atoms. The highest BCUT2D eigenvalue weighted by atomic mass is 16.5. The maximum atomic E-state index is 11.4. The van der Waals surface area contributed by atoms with Crippen molar-refractivity contribution >= 4 is 0 Å². The minimum Gasteiger partial charge on any atom is -0.388 e. The quantitative estimate of drug-likeness (QED) is 0.526. The number of hydrogen-bond donors (Lipinski definition) is 1. The number of rotatable bonds is 3. The van der Waals surface area contributed by atoms with Crippen molar-refractivity contribution in [2.75, 3.05) is 0 Å². The van der Waals surface area contributed by atoms with Crippen LogP contribution in [0.4, 0.5) is 0 Å². The Bertz CT molecular complexity index is 1040. The van der Waals surface area contributed by atoms with Gasteiger partial charge in [0.25, 0.3) is 0 Å². The van der Waals surface area contributed by atoms with E-state index in [0.29, 0.717) is 5.92 Å². The molecule has 3 aliphatic carbocycles. The van der Waals surface area contributed by atoms with E-state index < -0.39 is 6.10 Å². The summed E-state index contributed by atoms with van der Waals surface area (Å²) in [6.45, 7) is 9.03. The first kappa shape index (κ1) is 23.1. The first-order valence-corrected chi connectivity index (χ1v) is 12.8. The Kier molecular flexibility index (Phi) is 5.53. The SMILES string of the molecule is C.CC(C)c1nc2c(c3c1[C@@H](c1ccc(C4CC4)cc1)OC31CCCC1)[C@@H](O)CC(C)(C)C2. The van der Waals surface area contributed by atoms with Crippen LogP contribution in [-0.4, -0.2) is 10.1 Å². The molecule has 178 valence electrons. The van der Waals surface area contributed by atoms with Crippen molar-refractivity contribution in [1.82, 2.24) is 4.98 Å². The largest absolute Gasteiger partial charge is 0.388 e. The van der Waals surface area contributed by atoms with Gasteiger partial charge in [0, 0.05) is 22.5 Å². The van der Waals surface area contributed by atoms with Crippen LogP contribution in [0.3, 0.4) is 0 Å². The second-order valence-corrected chi connectivity index (χ2v) is 12.0. The zero-order valence-corrected chi connectivity index (χ0v) is 20.1. The lowest BCUT2D eigenvalue weighted by Crippen LogP contribution is -2.32. The molecule has 2 heterocycles. The normalized spacial score (nSPS) is 26.8. The van der Waals surface area contributed by atoms with Crippen LogP contribution in [0.1, 0.15) is 143 Å². The second-order valence-electron chi connectivity index (χ2n) is 12.0. The van der Waals surface area contributed by atoms with Crippen LogP contribution in [0.5, 0.6) is 0 Å². The molecule has 3 heteroatoms. The monoisotopic (exact) mass is 447 g/mol. The Hall–Kier alpha value is -1.71. The zero-order chi connectivity index (χ0) is 22.3. The molecule has 0 bridgehead atoms. The molecular formula is C30H41NO2. The first-order chi connectivity index (χ1) is 15.3. The smallest absolute Gasteiger partial charge is 0.111 e. The summed E-state index contributed by atoms with van der Waals surface area (Å²) >= 11 is 0. The third-order valence-corrected chi connectivity index (χ3v) is 8.41. The Balaban J connectivity index is 0.00000228. The molecule has 1 aromatic carbocycles. The van der Waals surface area contributed by atoms with E-state index >= 15 is 0 Å². The number of pyridine rings is 1. The maximum Gasteiger partial charge on any atom is 0.111 e. The molecule has 1 aromatic heterocycles. The molecule has 4 aliphatic rings. The molecule has 2 atom stereocenters. The van der Waals surface area contributed by atoms with E-state index in [9.17, 15) is 5.11 Å². The van der Waals surface area contributed by atoms with Gasteiger partial charge in [0.05, 0.1) is 11.7 Å². The molecule has 0 unspecified atom stereocenters. The summed E-state index contributed by atoms with van der Waals surface area (Å²) in [7, 11) is 0. The first-order valence-electron chi connectivity index (χ1n) is 12.8. The van der Waals surface area contributed by atoms with E-state index in [-0.39, 0.29) is 24.5 Å². The summed E-state index contributed by atoms with van der Waals surface area (Å²) in [6.07, 6.45) is 8.36. The Morgan fingerprint density at radius 3 is 2.24 bits per heavy atom. The molecule has 1 N–H and O–H groups in total. The number of aromatic nitrogens is 1. The summed E-state index contributed by atoms with van der Waals surface area (Å²) < 4.78 is 7.09. The molecule has 0 saturated heterocycles. The number of aliphatic hydroxyl groups is 1. The van der Waals surface area contributed by atoms with Crippen molar-refractivity contribution < 1.29 is 9.84 Å². The number of fused-ring (bicyclic) bond motifs is 4. The van der Waals surface area contributed by atoms with Gasteiger partial charge < -0.3 is 9.84 Å². The fourth-order valence-electron chi connectivity index (χ4n) is 6.78. The minimum absolute atomic E-state index is 0. The van der Waals surface area contributed by atoms with Crippen LogP contribution in [0.15, 0.2) is 24.3 Å². The molecule has 2 aromatic rings. The summed E-state index contributed by atoms with van der Waals surface area (Å²) in [6, 6.07) is 9.21. The van der Waals surface area contributed by atoms with E-state index in [1.165, 1.54) is 53.6 Å². The highest BCUT2D eigenvalue weighted by Crippen LogP contribution is 2.59. The Morgan fingerprint density at radius 2 is 1.64 bits per heavy atom. The third-order valence-electron chi connectivity index (χ3n) is 8.41. The molecular weight excluding hydrogens is 406 g/mol. The van der Waals surface area contributed by atoms with Gasteiger partial charge >= 0.3 is 0 Å². The average Bonchev–Trinajstić information content (AvgIpc) is 3.40. The van der Waals surface area contributed by atoms with Crippen molar-refractivity contribution in [2.45, 2.75) is 116 Å². The number of ether oxygens (including phenoxy) is 1. The summed E-state index contributed by atoms with van der Waals surface area (Å²) in [5.74, 6) is 1.09. The van der Waals surface area contributed by atoms with Crippen molar-refractivity contribution in [1.29, 1.82) is 0 Å². The predicted octanol–water partition coefficient (Wildman–Crippen LogP) is 7.61. The van der Waals surface area contributed by atoms with Crippen LogP contribution in [0.25, 0.3) is 0 Å². The van der Waals surface area contributed by atoms with Gasteiger partial charge in [-0.05, 0) is 72.5 Å². The molecule has 2 saturated carbocycles.